The number of anilines is 2. The molecule has 2 aromatic carbocycles. The Morgan fingerprint density at radius 2 is 1.70 bits per heavy atom. The van der Waals surface area contributed by atoms with Crippen LogP contribution >= 0.6 is 23.4 Å². The number of hydrogen-bond donors (Lipinski definition) is 1. The molecule has 1 amide bonds. The lowest BCUT2D eigenvalue weighted by Crippen LogP contribution is -2.47. The molecule has 1 aliphatic heterocycles. The Kier molecular flexibility index (Phi) is 8.49. The molecular weight excluding hydrogens is 523 g/mol. The van der Waals surface area contributed by atoms with Crippen molar-refractivity contribution in [3.8, 4) is 0 Å². The molecule has 0 aliphatic carbocycles. The third kappa shape index (κ3) is 7.29. The second-order valence-electron chi connectivity index (χ2n) is 8.97. The van der Waals surface area contributed by atoms with Gasteiger partial charge in [0.15, 0.2) is 5.16 Å². The zero-order valence-corrected chi connectivity index (χ0v) is 22.0. The van der Waals surface area contributed by atoms with Gasteiger partial charge >= 0.3 is 6.18 Å². The Morgan fingerprint density at radius 3 is 2.35 bits per heavy atom. The summed E-state index contributed by atoms with van der Waals surface area (Å²) < 4.78 is 39.3. The maximum atomic E-state index is 13.1. The smallest absolute Gasteiger partial charge is 0.368 e. The van der Waals surface area contributed by atoms with Crippen molar-refractivity contribution in [2.24, 2.45) is 0 Å². The molecule has 1 saturated heterocycles. The normalized spacial score (nSPS) is 14.2. The lowest BCUT2D eigenvalue weighted by atomic mass is 10.1. The SMILES string of the molecule is CC(C)NC(=O)c1ccc(CSc2nc(Cl)cc(N3CCN(c4cccc(C(F)(F)F)c4)CC3)n2)cc1. The number of benzene rings is 2. The molecule has 0 bridgehead atoms. The topological polar surface area (TPSA) is 61.4 Å². The Hall–Kier alpha value is -2.98. The first-order valence-corrected chi connectivity index (χ1v) is 13.2. The predicted molar refractivity (Wildman–Crippen MR) is 142 cm³/mol. The number of thioether (sulfide) groups is 1. The summed E-state index contributed by atoms with van der Waals surface area (Å²) in [5, 5.41) is 3.73. The van der Waals surface area contributed by atoms with E-state index in [1.165, 1.54) is 23.9 Å². The minimum atomic E-state index is -4.37. The lowest BCUT2D eigenvalue weighted by Gasteiger charge is -2.37. The first-order valence-electron chi connectivity index (χ1n) is 11.8. The molecule has 0 unspecified atom stereocenters. The molecule has 3 aromatic rings. The van der Waals surface area contributed by atoms with Crippen LogP contribution in [-0.2, 0) is 11.9 Å². The molecule has 2 heterocycles. The molecule has 11 heteroatoms. The molecule has 1 N–H and O–H groups in total. The molecule has 196 valence electrons. The number of rotatable bonds is 7. The monoisotopic (exact) mass is 549 g/mol. The quantitative estimate of drug-likeness (QED) is 0.225. The van der Waals surface area contributed by atoms with Gasteiger partial charge in [0.25, 0.3) is 5.91 Å². The number of alkyl halides is 3. The average molecular weight is 550 g/mol. The Bertz CT molecular complexity index is 1230. The second kappa shape index (κ2) is 11.6. The van der Waals surface area contributed by atoms with Crippen molar-refractivity contribution in [3.05, 3.63) is 76.4 Å². The summed E-state index contributed by atoms with van der Waals surface area (Å²) in [7, 11) is 0. The summed E-state index contributed by atoms with van der Waals surface area (Å²) in [4.78, 5) is 25.1. The van der Waals surface area contributed by atoms with Crippen molar-refractivity contribution in [1.82, 2.24) is 15.3 Å². The number of amides is 1. The highest BCUT2D eigenvalue weighted by Crippen LogP contribution is 2.32. The second-order valence-corrected chi connectivity index (χ2v) is 10.3. The summed E-state index contributed by atoms with van der Waals surface area (Å²) in [5.74, 6) is 1.19. The number of piperazine rings is 1. The number of hydrogen-bond acceptors (Lipinski definition) is 6. The molecule has 0 atom stereocenters. The fourth-order valence-electron chi connectivity index (χ4n) is 3.93. The third-order valence-corrected chi connectivity index (χ3v) is 6.92. The van der Waals surface area contributed by atoms with Crippen molar-refractivity contribution in [2.75, 3.05) is 36.0 Å². The van der Waals surface area contributed by atoms with E-state index < -0.39 is 11.7 Å². The molecule has 4 rings (SSSR count). The van der Waals surface area contributed by atoms with Gasteiger partial charge in [-0.15, -0.1) is 0 Å². The molecule has 6 nitrogen and oxygen atoms in total. The number of nitrogens with zero attached hydrogens (tertiary/aromatic N) is 4. The fourth-order valence-corrected chi connectivity index (χ4v) is 4.97. The van der Waals surface area contributed by atoms with E-state index in [0.717, 1.165) is 11.6 Å². The summed E-state index contributed by atoms with van der Waals surface area (Å²) in [6.07, 6.45) is -4.37. The minimum absolute atomic E-state index is 0.0699. The average Bonchev–Trinajstić information content (AvgIpc) is 2.87. The van der Waals surface area contributed by atoms with Gasteiger partial charge in [-0.2, -0.15) is 13.2 Å². The van der Waals surface area contributed by atoms with Crippen LogP contribution in [0.2, 0.25) is 5.15 Å². The van der Waals surface area contributed by atoms with Crippen molar-refractivity contribution >= 4 is 40.8 Å². The van der Waals surface area contributed by atoms with E-state index in [1.54, 1.807) is 24.3 Å². The zero-order valence-electron chi connectivity index (χ0n) is 20.4. The van der Waals surface area contributed by atoms with Crippen LogP contribution in [0.15, 0.2) is 59.8 Å². The van der Waals surface area contributed by atoms with Crippen LogP contribution in [0.25, 0.3) is 0 Å². The van der Waals surface area contributed by atoms with Gasteiger partial charge < -0.3 is 15.1 Å². The highest BCUT2D eigenvalue weighted by Gasteiger charge is 2.31. The minimum Gasteiger partial charge on any atom is -0.368 e. The van der Waals surface area contributed by atoms with Gasteiger partial charge in [0.1, 0.15) is 11.0 Å². The van der Waals surface area contributed by atoms with Crippen LogP contribution in [0, 0.1) is 0 Å². The number of carbonyl (C=O) groups excluding carboxylic acids is 1. The number of aromatic nitrogens is 2. The van der Waals surface area contributed by atoms with E-state index in [-0.39, 0.29) is 11.9 Å². The molecule has 1 fully saturated rings. The van der Waals surface area contributed by atoms with E-state index in [1.807, 2.05) is 30.9 Å². The third-order valence-electron chi connectivity index (χ3n) is 5.81. The largest absolute Gasteiger partial charge is 0.416 e. The molecule has 0 spiro atoms. The molecule has 1 aliphatic rings. The summed E-state index contributed by atoms with van der Waals surface area (Å²) in [5.41, 5.74) is 1.53. The molecule has 1 aromatic heterocycles. The summed E-state index contributed by atoms with van der Waals surface area (Å²) >= 11 is 7.72. The highest BCUT2D eigenvalue weighted by molar-refractivity contribution is 7.98. The van der Waals surface area contributed by atoms with Crippen LogP contribution in [0.1, 0.15) is 35.3 Å². The summed E-state index contributed by atoms with van der Waals surface area (Å²) in [6.45, 7) is 6.13. The van der Waals surface area contributed by atoms with Gasteiger partial charge in [-0.05, 0) is 49.7 Å². The van der Waals surface area contributed by atoms with E-state index in [4.69, 9.17) is 11.6 Å². The van der Waals surface area contributed by atoms with Crippen molar-refractivity contribution in [1.29, 1.82) is 0 Å². The maximum absolute atomic E-state index is 13.1. The van der Waals surface area contributed by atoms with Gasteiger partial charge in [-0.3, -0.25) is 4.79 Å². The standard InChI is InChI=1S/C26H27ClF3N5OS/c1-17(2)31-24(36)19-8-6-18(7-9-19)16-37-25-32-22(27)15-23(33-25)35-12-10-34(11-13-35)21-5-3-4-20(14-21)26(28,29)30/h3-9,14-15,17H,10-13,16H2,1-2H3,(H,31,36). The maximum Gasteiger partial charge on any atom is 0.416 e. The number of carbonyl (C=O) groups is 1. The molecular formula is C26H27ClF3N5OS. The molecule has 0 saturated carbocycles. The van der Waals surface area contributed by atoms with Crippen LogP contribution in [0.4, 0.5) is 24.7 Å². The summed E-state index contributed by atoms with van der Waals surface area (Å²) in [6, 6.07) is 14.6. The van der Waals surface area contributed by atoms with Crippen molar-refractivity contribution in [3.63, 3.8) is 0 Å². The fraction of sp³-hybridized carbons (Fsp3) is 0.346. The van der Waals surface area contributed by atoms with Gasteiger partial charge in [-0.25, -0.2) is 9.97 Å². The number of nitrogens with one attached hydrogen (secondary N) is 1. The Morgan fingerprint density at radius 1 is 1.03 bits per heavy atom. The highest BCUT2D eigenvalue weighted by atomic mass is 35.5. The van der Waals surface area contributed by atoms with E-state index >= 15 is 0 Å². The van der Waals surface area contributed by atoms with E-state index in [2.05, 4.69) is 20.2 Å². The van der Waals surface area contributed by atoms with E-state index in [9.17, 15) is 18.0 Å². The van der Waals surface area contributed by atoms with Crippen molar-refractivity contribution in [2.45, 2.75) is 37.0 Å². The zero-order chi connectivity index (χ0) is 26.6. The van der Waals surface area contributed by atoms with E-state index in [0.29, 0.717) is 59.3 Å². The lowest BCUT2D eigenvalue weighted by molar-refractivity contribution is -0.137. The van der Waals surface area contributed by atoms with Gasteiger partial charge in [0, 0.05) is 55.3 Å². The van der Waals surface area contributed by atoms with Crippen LogP contribution in [0.3, 0.4) is 0 Å². The van der Waals surface area contributed by atoms with Gasteiger partial charge in [0.05, 0.1) is 5.56 Å². The van der Waals surface area contributed by atoms with Gasteiger partial charge in [-0.1, -0.05) is 41.6 Å². The number of halogens is 4. The first-order chi connectivity index (χ1) is 17.6. The Balaban J connectivity index is 1.36. The van der Waals surface area contributed by atoms with Crippen LogP contribution in [0.5, 0.6) is 0 Å². The molecule has 37 heavy (non-hydrogen) atoms. The van der Waals surface area contributed by atoms with Gasteiger partial charge in [0.2, 0.25) is 0 Å². The van der Waals surface area contributed by atoms with Crippen molar-refractivity contribution < 1.29 is 18.0 Å². The Labute approximate surface area is 223 Å². The molecule has 0 radical (unpaired) electrons. The van der Waals surface area contributed by atoms with Crippen LogP contribution in [-0.4, -0.2) is 48.1 Å². The first kappa shape index (κ1) is 27.1. The predicted octanol–water partition coefficient (Wildman–Crippen LogP) is 5.91. The van der Waals surface area contributed by atoms with Crippen LogP contribution < -0.4 is 15.1 Å².